The van der Waals surface area contributed by atoms with Crippen LogP contribution in [0.5, 0.6) is 0 Å². The van der Waals surface area contributed by atoms with E-state index < -0.39 is 5.97 Å². The van der Waals surface area contributed by atoms with Gasteiger partial charge in [0.2, 0.25) is 0 Å². The molecule has 0 amide bonds. The van der Waals surface area contributed by atoms with E-state index in [1.165, 1.54) is 17.2 Å². The van der Waals surface area contributed by atoms with Crippen LogP contribution in [0.15, 0.2) is 42.5 Å². The Morgan fingerprint density at radius 1 is 1.10 bits per heavy atom. The minimum absolute atomic E-state index is 0. The van der Waals surface area contributed by atoms with Crippen LogP contribution in [-0.2, 0) is 24.0 Å². The smallest absolute Gasteiger partial charge is 0.360 e. The summed E-state index contributed by atoms with van der Waals surface area (Å²) in [5, 5.41) is 9.42. The van der Waals surface area contributed by atoms with Gasteiger partial charge in [-0.15, -0.1) is 29.9 Å². The first-order valence-electron chi connectivity index (χ1n) is 13.7. The standard InChI is InChI=1S/C30H33FN6O2.2ClH/c1-4-39-30(38)29-27-11-10-23-21(6-5-7-26(23)37(27)34-33-29)12-13-35-14-15-36(18-20(35)3)28-17-22(31)16-25-24(28)9-8-19(2)32-25;;/h5-9,16-17,20H,4,10-15,18H2,1-3H3;2*1H/t20-;;/m1../s1. The third-order valence-electron chi connectivity index (χ3n) is 7.98. The van der Waals surface area contributed by atoms with Crippen molar-refractivity contribution in [3.05, 3.63) is 76.5 Å². The molecule has 0 saturated carbocycles. The SMILES string of the molecule is CCOC(=O)c1nnn2c1CCc1c(CCN3CCN(c4cc(F)cc5nc(C)ccc45)C[C@H]3C)cccc1-2.Cl.Cl. The first-order valence-corrected chi connectivity index (χ1v) is 13.7. The van der Waals surface area contributed by atoms with E-state index >= 15 is 0 Å². The van der Waals surface area contributed by atoms with E-state index in [1.54, 1.807) is 17.7 Å². The number of piperazine rings is 1. The number of nitrogens with zero attached hydrogens (tertiary/aromatic N) is 6. The summed E-state index contributed by atoms with van der Waals surface area (Å²) in [4.78, 5) is 21.7. The Bertz CT molecular complexity index is 1560. The third kappa shape index (κ3) is 5.89. The van der Waals surface area contributed by atoms with E-state index in [0.29, 0.717) is 30.3 Å². The van der Waals surface area contributed by atoms with Gasteiger partial charge in [-0.25, -0.2) is 13.9 Å². The van der Waals surface area contributed by atoms with Crippen LogP contribution in [0.25, 0.3) is 16.6 Å². The van der Waals surface area contributed by atoms with Gasteiger partial charge >= 0.3 is 5.97 Å². The lowest BCUT2D eigenvalue weighted by Crippen LogP contribution is -2.52. The van der Waals surface area contributed by atoms with E-state index in [-0.39, 0.29) is 30.6 Å². The number of hydrogen-bond donors (Lipinski definition) is 0. The van der Waals surface area contributed by atoms with Crippen LogP contribution in [0.3, 0.4) is 0 Å². The van der Waals surface area contributed by atoms with Gasteiger partial charge in [0.05, 0.1) is 23.5 Å². The molecule has 0 spiro atoms. The van der Waals surface area contributed by atoms with Gasteiger partial charge < -0.3 is 9.64 Å². The minimum Gasteiger partial charge on any atom is -0.461 e. The molecule has 0 aliphatic carbocycles. The number of esters is 1. The Labute approximate surface area is 251 Å². The molecule has 218 valence electrons. The number of anilines is 1. The van der Waals surface area contributed by atoms with Crippen LogP contribution in [-0.4, -0.2) is 69.7 Å². The number of pyridine rings is 1. The van der Waals surface area contributed by atoms with Gasteiger partial charge in [0, 0.05) is 55.1 Å². The third-order valence-corrected chi connectivity index (χ3v) is 7.98. The monoisotopic (exact) mass is 600 g/mol. The number of carbonyl (C=O) groups is 1. The van der Waals surface area contributed by atoms with Gasteiger partial charge in [0.1, 0.15) is 5.82 Å². The van der Waals surface area contributed by atoms with Crippen molar-refractivity contribution in [3.63, 3.8) is 0 Å². The topological polar surface area (TPSA) is 76.4 Å². The molecule has 0 unspecified atom stereocenters. The predicted octanol–water partition coefficient (Wildman–Crippen LogP) is 5.14. The second-order valence-electron chi connectivity index (χ2n) is 10.5. The number of aryl methyl sites for hydroxylation is 1. The van der Waals surface area contributed by atoms with Crippen molar-refractivity contribution >= 4 is 47.4 Å². The fourth-order valence-corrected chi connectivity index (χ4v) is 6.02. The van der Waals surface area contributed by atoms with Gasteiger partial charge in [0.15, 0.2) is 5.69 Å². The molecule has 4 heterocycles. The number of carbonyl (C=O) groups excluding carboxylic acids is 1. The van der Waals surface area contributed by atoms with Gasteiger partial charge in [-0.2, -0.15) is 0 Å². The van der Waals surface area contributed by atoms with E-state index in [9.17, 15) is 9.18 Å². The number of aromatic nitrogens is 4. The molecule has 1 atom stereocenters. The van der Waals surface area contributed by atoms with Gasteiger partial charge in [-0.1, -0.05) is 17.3 Å². The highest BCUT2D eigenvalue weighted by Crippen LogP contribution is 2.31. The molecule has 8 nitrogen and oxygen atoms in total. The van der Waals surface area contributed by atoms with Crippen molar-refractivity contribution in [1.29, 1.82) is 0 Å². The van der Waals surface area contributed by atoms with Crippen molar-refractivity contribution < 1.29 is 13.9 Å². The van der Waals surface area contributed by atoms with Crippen molar-refractivity contribution in [2.24, 2.45) is 0 Å². The second-order valence-corrected chi connectivity index (χ2v) is 10.5. The number of rotatable bonds is 6. The fraction of sp³-hybridized carbons (Fsp3) is 0.400. The second kappa shape index (κ2) is 12.7. The summed E-state index contributed by atoms with van der Waals surface area (Å²) in [5.74, 6) is -0.659. The Kier molecular flexibility index (Phi) is 9.51. The van der Waals surface area contributed by atoms with Crippen molar-refractivity contribution in [2.75, 3.05) is 37.7 Å². The van der Waals surface area contributed by atoms with E-state index in [0.717, 1.165) is 67.2 Å². The number of fused-ring (bicyclic) bond motifs is 4. The molecule has 2 aromatic heterocycles. The lowest BCUT2D eigenvalue weighted by molar-refractivity contribution is 0.0518. The van der Waals surface area contributed by atoms with Crippen LogP contribution in [0.2, 0.25) is 0 Å². The van der Waals surface area contributed by atoms with Gasteiger partial charge in [-0.05, 0) is 75.4 Å². The summed E-state index contributed by atoms with van der Waals surface area (Å²) in [6.45, 7) is 9.79. The average molecular weight is 602 g/mol. The summed E-state index contributed by atoms with van der Waals surface area (Å²) in [7, 11) is 0. The maximum Gasteiger partial charge on any atom is 0.360 e. The number of benzene rings is 2. The highest BCUT2D eigenvalue weighted by Gasteiger charge is 2.28. The quantitative estimate of drug-likeness (QED) is 0.284. The molecule has 0 bridgehead atoms. The highest BCUT2D eigenvalue weighted by atomic mass is 35.5. The summed E-state index contributed by atoms with van der Waals surface area (Å²) in [5.41, 5.74) is 7.22. The normalized spacial score (nSPS) is 16.4. The molecule has 0 radical (unpaired) electrons. The lowest BCUT2D eigenvalue weighted by atomic mass is 9.94. The predicted molar refractivity (Wildman–Crippen MR) is 163 cm³/mol. The largest absolute Gasteiger partial charge is 0.461 e. The minimum atomic E-state index is -0.413. The van der Waals surface area contributed by atoms with Crippen LogP contribution in [0.1, 0.15) is 46.9 Å². The van der Waals surface area contributed by atoms with Crippen LogP contribution < -0.4 is 4.90 Å². The van der Waals surface area contributed by atoms with E-state index in [1.807, 2.05) is 19.1 Å². The molecule has 4 aromatic rings. The van der Waals surface area contributed by atoms with Gasteiger partial charge in [0.25, 0.3) is 0 Å². The molecule has 11 heteroatoms. The van der Waals surface area contributed by atoms with Crippen molar-refractivity contribution in [2.45, 2.75) is 46.1 Å². The molecular weight excluding hydrogens is 566 g/mol. The summed E-state index contributed by atoms with van der Waals surface area (Å²) >= 11 is 0. The summed E-state index contributed by atoms with van der Waals surface area (Å²) in [6.07, 6.45) is 2.47. The van der Waals surface area contributed by atoms with E-state index in [4.69, 9.17) is 4.74 Å². The average Bonchev–Trinajstić information content (AvgIpc) is 3.37. The lowest BCUT2D eigenvalue weighted by Gasteiger charge is -2.41. The number of halogens is 3. The molecule has 2 aliphatic heterocycles. The molecular formula is C30H35Cl2FN6O2. The maximum absolute atomic E-state index is 14.5. The summed E-state index contributed by atoms with van der Waals surface area (Å²) < 4.78 is 21.4. The molecule has 41 heavy (non-hydrogen) atoms. The molecule has 0 N–H and O–H groups in total. The molecule has 1 saturated heterocycles. The van der Waals surface area contributed by atoms with Crippen LogP contribution in [0, 0.1) is 12.7 Å². The fourth-order valence-electron chi connectivity index (χ4n) is 6.02. The first kappa shape index (κ1) is 30.7. The Balaban J connectivity index is 0.00000194. The number of ether oxygens (including phenoxy) is 1. The Hall–Kier alpha value is -3.27. The molecule has 1 fully saturated rings. The van der Waals surface area contributed by atoms with Crippen molar-refractivity contribution in [1.82, 2.24) is 24.9 Å². The maximum atomic E-state index is 14.5. The zero-order chi connectivity index (χ0) is 27.1. The first-order chi connectivity index (χ1) is 18.9. The Morgan fingerprint density at radius 3 is 2.71 bits per heavy atom. The zero-order valence-electron chi connectivity index (χ0n) is 23.5. The molecule has 2 aromatic carbocycles. The molecule has 2 aliphatic rings. The van der Waals surface area contributed by atoms with Crippen LogP contribution in [0.4, 0.5) is 10.1 Å². The van der Waals surface area contributed by atoms with Crippen molar-refractivity contribution in [3.8, 4) is 5.69 Å². The van der Waals surface area contributed by atoms with E-state index in [2.05, 4.69) is 50.2 Å². The number of hydrogen-bond acceptors (Lipinski definition) is 7. The Morgan fingerprint density at radius 2 is 1.93 bits per heavy atom. The zero-order valence-corrected chi connectivity index (χ0v) is 25.1. The van der Waals surface area contributed by atoms with Crippen LogP contribution >= 0.6 is 24.8 Å². The van der Waals surface area contributed by atoms with Gasteiger partial charge in [-0.3, -0.25) is 9.88 Å². The molecule has 6 rings (SSSR count). The summed E-state index contributed by atoms with van der Waals surface area (Å²) in [6, 6.07) is 13.8. The highest BCUT2D eigenvalue weighted by molar-refractivity contribution is 5.92.